The van der Waals surface area contributed by atoms with E-state index in [4.69, 9.17) is 9.47 Å². The molecular weight excluding hydrogens is 286 g/mol. The normalized spacial score (nSPS) is 26.1. The van der Waals surface area contributed by atoms with Gasteiger partial charge in [0.15, 0.2) is 5.79 Å². The molecule has 0 unspecified atom stereocenters. The summed E-state index contributed by atoms with van der Waals surface area (Å²) in [5.41, 5.74) is 1.41. The Kier molecular flexibility index (Phi) is 5.81. The first-order valence-electron chi connectivity index (χ1n) is 9.56. The summed E-state index contributed by atoms with van der Waals surface area (Å²) in [7, 11) is 3.46. The minimum absolute atomic E-state index is 0.561. The summed E-state index contributed by atoms with van der Waals surface area (Å²) in [5.74, 6) is -0.561. The third-order valence-corrected chi connectivity index (χ3v) is 6.03. The number of hydrogen-bond acceptors (Lipinski definition) is 3. The molecule has 0 aromatic heterocycles. The molecular formula is C20H33NO2. The Hall–Kier alpha value is -0.800. The maximum atomic E-state index is 5.57. The second-order valence-corrected chi connectivity index (χ2v) is 7.38. The van der Waals surface area contributed by atoms with Gasteiger partial charge in [0, 0.05) is 38.4 Å². The topological polar surface area (TPSA) is 21.7 Å². The van der Waals surface area contributed by atoms with E-state index < -0.39 is 5.79 Å². The zero-order chi connectivity index (χ0) is 16.1. The summed E-state index contributed by atoms with van der Waals surface area (Å²) in [6.45, 7) is 0. The van der Waals surface area contributed by atoms with Crippen molar-refractivity contribution < 1.29 is 9.47 Å². The van der Waals surface area contributed by atoms with E-state index in [9.17, 15) is 0 Å². The Labute approximate surface area is 141 Å². The van der Waals surface area contributed by atoms with Gasteiger partial charge in [-0.1, -0.05) is 44.6 Å². The second kappa shape index (κ2) is 7.85. The van der Waals surface area contributed by atoms with Crippen LogP contribution in [0.15, 0.2) is 23.9 Å². The van der Waals surface area contributed by atoms with Gasteiger partial charge < -0.3 is 14.4 Å². The Morgan fingerprint density at radius 3 is 1.78 bits per heavy atom. The number of ether oxygens (including phenoxy) is 2. The summed E-state index contributed by atoms with van der Waals surface area (Å²) in [6, 6.07) is 1.47. The van der Waals surface area contributed by atoms with Crippen molar-refractivity contribution in [3.05, 3.63) is 23.9 Å². The molecule has 23 heavy (non-hydrogen) atoms. The van der Waals surface area contributed by atoms with E-state index in [0.717, 1.165) is 18.5 Å². The Morgan fingerprint density at radius 2 is 1.39 bits per heavy atom. The average Bonchev–Trinajstić information content (AvgIpc) is 2.65. The predicted octanol–water partition coefficient (Wildman–Crippen LogP) is 4.79. The molecule has 3 aliphatic carbocycles. The molecule has 0 aromatic carbocycles. The van der Waals surface area contributed by atoms with E-state index in [0.29, 0.717) is 0 Å². The molecule has 3 aliphatic rings. The monoisotopic (exact) mass is 319 g/mol. The van der Waals surface area contributed by atoms with Crippen molar-refractivity contribution in [3.63, 3.8) is 0 Å². The van der Waals surface area contributed by atoms with E-state index in [1.807, 2.05) is 0 Å². The predicted molar refractivity (Wildman–Crippen MR) is 94.2 cm³/mol. The van der Waals surface area contributed by atoms with Crippen LogP contribution in [0.4, 0.5) is 0 Å². The van der Waals surface area contributed by atoms with E-state index in [1.165, 1.54) is 69.9 Å². The lowest BCUT2D eigenvalue weighted by Gasteiger charge is -2.45. The van der Waals surface area contributed by atoms with Crippen LogP contribution in [0.3, 0.4) is 0 Å². The van der Waals surface area contributed by atoms with Gasteiger partial charge in [-0.3, -0.25) is 0 Å². The molecule has 0 aliphatic heterocycles. The molecule has 0 radical (unpaired) electrons. The fourth-order valence-electron chi connectivity index (χ4n) is 4.61. The molecule has 2 saturated carbocycles. The second-order valence-electron chi connectivity index (χ2n) is 7.38. The Bertz CT molecular complexity index is 409. The number of rotatable bonds is 5. The highest BCUT2D eigenvalue weighted by molar-refractivity contribution is 5.27. The van der Waals surface area contributed by atoms with Crippen LogP contribution in [0.5, 0.6) is 0 Å². The van der Waals surface area contributed by atoms with Gasteiger partial charge in [-0.15, -0.1) is 0 Å². The number of hydrogen-bond donors (Lipinski definition) is 0. The summed E-state index contributed by atoms with van der Waals surface area (Å²) in [5, 5.41) is 0. The fraction of sp³-hybridized carbons (Fsp3) is 0.800. The van der Waals surface area contributed by atoms with Crippen molar-refractivity contribution in [1.82, 2.24) is 4.90 Å². The number of allylic oxidation sites excluding steroid dienone is 1. The quantitative estimate of drug-likeness (QED) is 0.680. The average molecular weight is 319 g/mol. The first kappa shape index (κ1) is 17.0. The standard InChI is InChI=1S/C20H33NO2/c1-22-20(23-2)15-13-19(14-16-20)21(17-9-5-3-6-10-17)18-11-7-4-8-12-18/h13-15,17-18H,3-12,16H2,1-2H3. The summed E-state index contributed by atoms with van der Waals surface area (Å²) in [4.78, 5) is 2.78. The molecule has 0 spiro atoms. The lowest BCUT2D eigenvalue weighted by Crippen LogP contribution is -2.45. The van der Waals surface area contributed by atoms with Crippen molar-refractivity contribution in [2.45, 2.75) is 88.5 Å². The van der Waals surface area contributed by atoms with Crippen LogP contribution in [0.1, 0.15) is 70.6 Å². The number of methoxy groups -OCH3 is 2. The zero-order valence-corrected chi connectivity index (χ0v) is 14.9. The van der Waals surface area contributed by atoms with Gasteiger partial charge in [0.1, 0.15) is 0 Å². The van der Waals surface area contributed by atoms with Crippen LogP contribution in [-0.4, -0.2) is 37.0 Å². The van der Waals surface area contributed by atoms with Gasteiger partial charge in [-0.25, -0.2) is 0 Å². The molecule has 3 heteroatoms. The van der Waals surface area contributed by atoms with Crippen LogP contribution >= 0.6 is 0 Å². The molecule has 0 saturated heterocycles. The minimum Gasteiger partial charge on any atom is -0.366 e. The maximum Gasteiger partial charge on any atom is 0.191 e. The first-order chi connectivity index (χ1) is 11.3. The van der Waals surface area contributed by atoms with Gasteiger partial charge in [-0.05, 0) is 37.8 Å². The van der Waals surface area contributed by atoms with E-state index >= 15 is 0 Å². The molecule has 0 N–H and O–H groups in total. The highest BCUT2D eigenvalue weighted by Crippen LogP contribution is 2.36. The molecule has 2 fully saturated rings. The fourth-order valence-corrected chi connectivity index (χ4v) is 4.61. The third kappa shape index (κ3) is 3.83. The van der Waals surface area contributed by atoms with Crippen molar-refractivity contribution in [1.29, 1.82) is 0 Å². The molecule has 3 nitrogen and oxygen atoms in total. The first-order valence-corrected chi connectivity index (χ1v) is 9.56. The van der Waals surface area contributed by atoms with Crippen LogP contribution in [0, 0.1) is 0 Å². The van der Waals surface area contributed by atoms with Crippen LogP contribution in [0.2, 0.25) is 0 Å². The van der Waals surface area contributed by atoms with Gasteiger partial charge in [0.2, 0.25) is 0 Å². The van der Waals surface area contributed by atoms with Gasteiger partial charge >= 0.3 is 0 Å². The molecule has 0 amide bonds. The number of nitrogens with zero attached hydrogens (tertiary/aromatic N) is 1. The summed E-state index contributed by atoms with van der Waals surface area (Å²) >= 11 is 0. The Balaban J connectivity index is 1.78. The largest absolute Gasteiger partial charge is 0.366 e. The SMILES string of the molecule is COC1(OC)C=CC(N(C2CCCCC2)C2CCCCC2)=CC1. The van der Waals surface area contributed by atoms with E-state index in [1.54, 1.807) is 14.2 Å². The van der Waals surface area contributed by atoms with Gasteiger partial charge in [0.05, 0.1) is 0 Å². The summed E-state index contributed by atoms with van der Waals surface area (Å²) < 4.78 is 11.1. The minimum atomic E-state index is -0.561. The lowest BCUT2D eigenvalue weighted by molar-refractivity contribution is -0.168. The van der Waals surface area contributed by atoms with Crippen LogP contribution < -0.4 is 0 Å². The van der Waals surface area contributed by atoms with E-state index in [-0.39, 0.29) is 0 Å². The highest BCUT2D eigenvalue weighted by atomic mass is 16.7. The smallest absolute Gasteiger partial charge is 0.191 e. The molecule has 3 rings (SSSR count). The van der Waals surface area contributed by atoms with Crippen molar-refractivity contribution >= 4 is 0 Å². The van der Waals surface area contributed by atoms with Gasteiger partial charge in [-0.2, -0.15) is 0 Å². The lowest BCUT2D eigenvalue weighted by atomic mass is 9.87. The molecule has 130 valence electrons. The van der Waals surface area contributed by atoms with E-state index in [2.05, 4.69) is 23.1 Å². The van der Waals surface area contributed by atoms with Crippen LogP contribution in [-0.2, 0) is 9.47 Å². The molecule has 0 atom stereocenters. The molecule has 0 heterocycles. The summed E-state index contributed by atoms with van der Waals surface area (Å²) in [6.07, 6.45) is 21.4. The van der Waals surface area contributed by atoms with Crippen molar-refractivity contribution in [2.75, 3.05) is 14.2 Å². The third-order valence-electron chi connectivity index (χ3n) is 6.03. The molecule has 0 aromatic rings. The van der Waals surface area contributed by atoms with Gasteiger partial charge in [0.25, 0.3) is 0 Å². The van der Waals surface area contributed by atoms with Crippen LogP contribution in [0.25, 0.3) is 0 Å². The van der Waals surface area contributed by atoms with Crippen molar-refractivity contribution in [3.8, 4) is 0 Å². The van der Waals surface area contributed by atoms with Crippen molar-refractivity contribution in [2.24, 2.45) is 0 Å². The molecule has 0 bridgehead atoms. The zero-order valence-electron chi connectivity index (χ0n) is 14.9. The highest BCUT2D eigenvalue weighted by Gasteiger charge is 2.33. The Morgan fingerprint density at radius 1 is 0.870 bits per heavy atom. The maximum absolute atomic E-state index is 5.57.